The standard InChI is InChI=1S/C10H9NO3S/c12-9(10(13)14)6-1-4-8(11-5-6)15-7-2-3-7/h1,4-5,7H,2-3H2,(H,13,14). The average Bonchev–Trinajstić information content (AvgIpc) is 3.02. The van der Waals surface area contributed by atoms with E-state index in [-0.39, 0.29) is 5.56 Å². The van der Waals surface area contributed by atoms with Gasteiger partial charge >= 0.3 is 5.97 Å². The minimum atomic E-state index is -1.45. The number of carbonyl (C=O) groups excluding carboxylic acids is 1. The Morgan fingerprint density at radius 1 is 1.40 bits per heavy atom. The van der Waals surface area contributed by atoms with E-state index in [0.29, 0.717) is 5.25 Å². The predicted molar refractivity (Wildman–Crippen MR) is 55.1 cm³/mol. The smallest absolute Gasteiger partial charge is 0.377 e. The molecule has 0 saturated heterocycles. The first-order chi connectivity index (χ1) is 7.16. The van der Waals surface area contributed by atoms with Gasteiger partial charge in [-0.25, -0.2) is 9.78 Å². The van der Waals surface area contributed by atoms with Crippen LogP contribution in [0.5, 0.6) is 0 Å². The highest BCUT2D eigenvalue weighted by Gasteiger charge is 2.23. The molecule has 5 heteroatoms. The van der Waals surface area contributed by atoms with E-state index in [1.165, 1.54) is 25.1 Å². The minimum absolute atomic E-state index is 0.127. The number of rotatable bonds is 4. The van der Waals surface area contributed by atoms with Crippen molar-refractivity contribution in [2.45, 2.75) is 23.1 Å². The molecule has 1 aliphatic carbocycles. The number of carbonyl (C=O) groups is 2. The van der Waals surface area contributed by atoms with E-state index in [9.17, 15) is 9.59 Å². The quantitative estimate of drug-likeness (QED) is 0.620. The van der Waals surface area contributed by atoms with Crippen LogP contribution >= 0.6 is 11.8 Å². The lowest BCUT2D eigenvalue weighted by molar-refractivity contribution is -0.131. The summed E-state index contributed by atoms with van der Waals surface area (Å²) >= 11 is 1.67. The molecule has 0 spiro atoms. The van der Waals surface area contributed by atoms with Crippen molar-refractivity contribution in [3.05, 3.63) is 23.9 Å². The van der Waals surface area contributed by atoms with Gasteiger partial charge in [0.2, 0.25) is 0 Å². The Balaban J connectivity index is 2.08. The molecule has 2 rings (SSSR count). The largest absolute Gasteiger partial charge is 0.475 e. The maximum atomic E-state index is 11.0. The van der Waals surface area contributed by atoms with E-state index in [1.54, 1.807) is 17.8 Å². The molecule has 1 fully saturated rings. The highest BCUT2D eigenvalue weighted by Crippen LogP contribution is 2.38. The highest BCUT2D eigenvalue weighted by atomic mass is 32.2. The van der Waals surface area contributed by atoms with Crippen LogP contribution in [0, 0.1) is 0 Å². The summed E-state index contributed by atoms with van der Waals surface area (Å²) in [6, 6.07) is 3.20. The molecule has 0 radical (unpaired) electrons. The number of nitrogens with zero attached hydrogens (tertiary/aromatic N) is 1. The second-order valence-corrected chi connectivity index (χ2v) is 4.66. The fourth-order valence-electron chi connectivity index (χ4n) is 1.06. The summed E-state index contributed by atoms with van der Waals surface area (Å²) < 4.78 is 0. The van der Waals surface area contributed by atoms with E-state index in [2.05, 4.69) is 4.98 Å². The van der Waals surface area contributed by atoms with Gasteiger partial charge in [0.1, 0.15) is 0 Å². The van der Waals surface area contributed by atoms with Crippen LogP contribution in [0.1, 0.15) is 23.2 Å². The van der Waals surface area contributed by atoms with Crippen LogP contribution in [0.2, 0.25) is 0 Å². The number of carboxylic acids is 1. The van der Waals surface area contributed by atoms with Gasteiger partial charge in [0.15, 0.2) is 0 Å². The lowest BCUT2D eigenvalue weighted by Gasteiger charge is -1.99. The van der Waals surface area contributed by atoms with Gasteiger partial charge in [-0.05, 0) is 25.0 Å². The molecule has 4 nitrogen and oxygen atoms in total. The normalized spacial score (nSPS) is 14.9. The molecule has 0 aromatic carbocycles. The molecule has 0 bridgehead atoms. The number of carboxylic acid groups (broad SMARTS) is 1. The molecule has 15 heavy (non-hydrogen) atoms. The zero-order valence-corrected chi connectivity index (χ0v) is 8.66. The molecule has 1 saturated carbocycles. The summed E-state index contributed by atoms with van der Waals surface area (Å²) in [5.74, 6) is -2.36. The summed E-state index contributed by atoms with van der Waals surface area (Å²) in [5, 5.41) is 9.98. The van der Waals surface area contributed by atoms with Gasteiger partial charge in [-0.15, -0.1) is 11.8 Å². The third-order valence-corrected chi connectivity index (χ3v) is 3.29. The first-order valence-electron chi connectivity index (χ1n) is 4.57. The summed E-state index contributed by atoms with van der Waals surface area (Å²) in [7, 11) is 0. The molecule has 1 aromatic heterocycles. The van der Waals surface area contributed by atoms with E-state index < -0.39 is 11.8 Å². The maximum Gasteiger partial charge on any atom is 0.377 e. The van der Waals surface area contributed by atoms with Crippen molar-refractivity contribution in [1.29, 1.82) is 0 Å². The summed E-state index contributed by atoms with van der Waals surface area (Å²) in [6.07, 6.45) is 3.74. The summed E-state index contributed by atoms with van der Waals surface area (Å²) in [4.78, 5) is 25.5. The van der Waals surface area contributed by atoms with Crippen LogP contribution in [0.4, 0.5) is 0 Å². The highest BCUT2D eigenvalue weighted by molar-refractivity contribution is 8.00. The predicted octanol–water partition coefficient (Wildman–Crippen LogP) is 1.60. The third kappa shape index (κ3) is 2.56. The Kier molecular flexibility index (Phi) is 2.73. The fraction of sp³-hybridized carbons (Fsp3) is 0.300. The number of aromatic nitrogens is 1. The monoisotopic (exact) mass is 223 g/mol. The van der Waals surface area contributed by atoms with Crippen molar-refractivity contribution >= 4 is 23.5 Å². The molecule has 1 N–H and O–H groups in total. The molecule has 0 amide bonds. The number of thioether (sulfide) groups is 1. The molecule has 0 atom stereocenters. The molecule has 78 valence electrons. The molecule has 0 aliphatic heterocycles. The van der Waals surface area contributed by atoms with E-state index in [0.717, 1.165) is 5.03 Å². The zero-order valence-electron chi connectivity index (χ0n) is 7.84. The second-order valence-electron chi connectivity index (χ2n) is 3.34. The Morgan fingerprint density at radius 3 is 2.60 bits per heavy atom. The number of ketones is 1. The fourth-order valence-corrected chi connectivity index (χ4v) is 2.04. The number of pyridine rings is 1. The Labute approximate surface area is 90.7 Å². The van der Waals surface area contributed by atoms with Gasteiger partial charge in [0.05, 0.1) is 5.03 Å². The SMILES string of the molecule is O=C(O)C(=O)c1ccc(SC2CC2)nc1. The molecular formula is C10H9NO3S. The number of Topliss-reactive ketones (excluding diaryl/α,β-unsaturated/α-hetero) is 1. The van der Waals surface area contributed by atoms with Crippen LogP contribution in [-0.2, 0) is 4.79 Å². The molecule has 1 aromatic rings. The Bertz CT molecular complexity index is 398. The maximum absolute atomic E-state index is 11.0. The van der Waals surface area contributed by atoms with Crippen molar-refractivity contribution in [1.82, 2.24) is 4.98 Å². The Hall–Kier alpha value is -1.36. The van der Waals surface area contributed by atoms with E-state index in [1.807, 2.05) is 0 Å². The van der Waals surface area contributed by atoms with E-state index in [4.69, 9.17) is 5.11 Å². The number of aliphatic carboxylic acids is 1. The van der Waals surface area contributed by atoms with Crippen LogP contribution in [0.25, 0.3) is 0 Å². The molecule has 0 unspecified atom stereocenters. The van der Waals surface area contributed by atoms with E-state index >= 15 is 0 Å². The van der Waals surface area contributed by atoms with Crippen molar-refractivity contribution in [3.63, 3.8) is 0 Å². The topological polar surface area (TPSA) is 67.3 Å². The first-order valence-corrected chi connectivity index (χ1v) is 5.45. The Morgan fingerprint density at radius 2 is 2.13 bits per heavy atom. The zero-order chi connectivity index (χ0) is 10.8. The second kappa shape index (κ2) is 4.02. The van der Waals surface area contributed by atoms with Crippen molar-refractivity contribution in [3.8, 4) is 0 Å². The van der Waals surface area contributed by atoms with Gasteiger partial charge in [0, 0.05) is 17.0 Å². The average molecular weight is 223 g/mol. The summed E-state index contributed by atoms with van der Waals surface area (Å²) in [6.45, 7) is 0. The van der Waals surface area contributed by atoms with Crippen molar-refractivity contribution in [2.24, 2.45) is 0 Å². The van der Waals surface area contributed by atoms with Gasteiger partial charge < -0.3 is 5.11 Å². The molecule has 1 aliphatic rings. The molecule has 1 heterocycles. The lowest BCUT2D eigenvalue weighted by atomic mass is 10.2. The van der Waals surface area contributed by atoms with Crippen molar-refractivity contribution < 1.29 is 14.7 Å². The van der Waals surface area contributed by atoms with Gasteiger partial charge in [-0.3, -0.25) is 4.79 Å². The van der Waals surface area contributed by atoms with Crippen LogP contribution < -0.4 is 0 Å². The van der Waals surface area contributed by atoms with Gasteiger partial charge in [-0.2, -0.15) is 0 Å². The van der Waals surface area contributed by atoms with Gasteiger partial charge in [-0.1, -0.05) is 0 Å². The van der Waals surface area contributed by atoms with Gasteiger partial charge in [0.25, 0.3) is 5.78 Å². The molecular weight excluding hydrogens is 214 g/mol. The lowest BCUT2D eigenvalue weighted by Crippen LogP contribution is -2.12. The minimum Gasteiger partial charge on any atom is -0.475 e. The number of hydrogen-bond acceptors (Lipinski definition) is 4. The van der Waals surface area contributed by atoms with Crippen molar-refractivity contribution in [2.75, 3.05) is 0 Å². The first kappa shape index (κ1) is 10.2. The van der Waals surface area contributed by atoms with Crippen LogP contribution in [0.15, 0.2) is 23.4 Å². The third-order valence-electron chi connectivity index (χ3n) is 2.00. The van der Waals surface area contributed by atoms with Crippen LogP contribution in [0.3, 0.4) is 0 Å². The summed E-state index contributed by atoms with van der Waals surface area (Å²) in [5.41, 5.74) is 0.127. The van der Waals surface area contributed by atoms with Crippen LogP contribution in [-0.4, -0.2) is 27.1 Å². The number of hydrogen-bond donors (Lipinski definition) is 1.